The van der Waals surface area contributed by atoms with Crippen LogP contribution in [0, 0.1) is 17.6 Å². The van der Waals surface area contributed by atoms with Crippen molar-refractivity contribution < 1.29 is 4.79 Å². The molecule has 1 unspecified atom stereocenters. The molecule has 0 spiro atoms. The number of aromatic amines is 1. The molecule has 1 aliphatic carbocycles. The van der Waals surface area contributed by atoms with Crippen LogP contribution in [-0.4, -0.2) is 15.6 Å². The van der Waals surface area contributed by atoms with Gasteiger partial charge < -0.3 is 4.98 Å². The fourth-order valence-corrected chi connectivity index (χ4v) is 5.69. The Bertz CT molecular complexity index is 1100. The normalized spacial score (nSPS) is 16.8. The second kappa shape index (κ2) is 6.19. The van der Waals surface area contributed by atoms with Crippen molar-refractivity contribution in [2.24, 2.45) is 5.92 Å². The minimum absolute atomic E-state index is 0.214. The number of carbonyl (C=O) groups is 1. The lowest BCUT2D eigenvalue weighted by Gasteiger charge is -2.17. The molecule has 5 nitrogen and oxygen atoms in total. The van der Waals surface area contributed by atoms with Crippen molar-refractivity contribution in [1.82, 2.24) is 9.66 Å². The van der Waals surface area contributed by atoms with Crippen molar-refractivity contribution >= 4 is 51.0 Å². The lowest BCUT2D eigenvalue weighted by atomic mass is 9.89. The summed E-state index contributed by atoms with van der Waals surface area (Å²) in [6, 6.07) is 3.63. The van der Waals surface area contributed by atoms with Gasteiger partial charge in [-0.3, -0.25) is 15.0 Å². The molecule has 3 aromatic heterocycles. The number of thiophene rings is 2. The number of aryl methyl sites for hydroxylation is 2. The largest absolute Gasteiger partial charge is 0.322 e. The van der Waals surface area contributed by atoms with Crippen LogP contribution in [0.2, 0.25) is 0 Å². The van der Waals surface area contributed by atoms with Gasteiger partial charge in [-0.05, 0) is 62.0 Å². The predicted octanol–water partition coefficient (Wildman–Crippen LogP) is 4.00. The maximum Gasteiger partial charge on any atom is 0.282 e. The molecule has 1 atom stereocenters. The van der Waals surface area contributed by atoms with E-state index in [2.05, 4.69) is 17.3 Å². The van der Waals surface area contributed by atoms with E-state index in [0.29, 0.717) is 16.2 Å². The second-order valence-corrected chi connectivity index (χ2v) is 9.26. The van der Waals surface area contributed by atoms with E-state index in [9.17, 15) is 9.59 Å². The lowest BCUT2D eigenvalue weighted by molar-refractivity contribution is 0.101. The molecular formula is C17H17N3O2S3. The highest BCUT2D eigenvalue weighted by Crippen LogP contribution is 2.35. The Balaban J connectivity index is 1.81. The second-order valence-electron chi connectivity index (χ2n) is 6.48. The molecule has 130 valence electrons. The van der Waals surface area contributed by atoms with Crippen LogP contribution < -0.4 is 11.0 Å². The van der Waals surface area contributed by atoms with Gasteiger partial charge in [0.15, 0.2) is 0 Å². The van der Waals surface area contributed by atoms with Crippen LogP contribution in [-0.2, 0) is 12.8 Å². The summed E-state index contributed by atoms with van der Waals surface area (Å²) in [4.78, 5) is 32.2. The Morgan fingerprint density at radius 1 is 1.40 bits per heavy atom. The van der Waals surface area contributed by atoms with Crippen molar-refractivity contribution in [3.8, 4) is 0 Å². The molecule has 3 aromatic rings. The quantitative estimate of drug-likeness (QED) is 0.649. The van der Waals surface area contributed by atoms with E-state index >= 15 is 0 Å². The number of nitrogens with one attached hydrogen (secondary N) is 2. The van der Waals surface area contributed by atoms with E-state index in [-0.39, 0.29) is 16.2 Å². The van der Waals surface area contributed by atoms with Gasteiger partial charge in [-0.2, -0.15) is 4.68 Å². The van der Waals surface area contributed by atoms with E-state index in [1.54, 1.807) is 17.4 Å². The maximum atomic E-state index is 13.0. The Morgan fingerprint density at radius 2 is 2.20 bits per heavy atom. The number of carbonyl (C=O) groups excluding carboxylic acids is 1. The molecular weight excluding hydrogens is 374 g/mol. The molecule has 0 fully saturated rings. The Hall–Kier alpha value is -1.77. The number of hydrogen-bond acceptors (Lipinski definition) is 5. The van der Waals surface area contributed by atoms with Crippen molar-refractivity contribution in [3.05, 3.63) is 47.5 Å². The molecule has 2 N–H and O–H groups in total. The Labute approximate surface area is 157 Å². The molecule has 1 amide bonds. The number of rotatable bonds is 2. The maximum absolute atomic E-state index is 13.0. The molecule has 0 radical (unpaired) electrons. The SMILES string of the molecule is Cc1ccc(C(=O)Nn2c(=S)[nH]c3sc4c(c3c2=O)CCC(C)C4)s1. The van der Waals surface area contributed by atoms with Gasteiger partial charge in [0.05, 0.1) is 10.3 Å². The molecule has 1 aliphatic rings. The minimum atomic E-state index is -0.322. The van der Waals surface area contributed by atoms with Gasteiger partial charge in [0.1, 0.15) is 4.83 Å². The van der Waals surface area contributed by atoms with Crippen LogP contribution in [0.15, 0.2) is 16.9 Å². The topological polar surface area (TPSA) is 66.9 Å². The van der Waals surface area contributed by atoms with Gasteiger partial charge in [0, 0.05) is 9.75 Å². The van der Waals surface area contributed by atoms with Crippen molar-refractivity contribution in [2.45, 2.75) is 33.1 Å². The number of amides is 1. The van der Waals surface area contributed by atoms with Gasteiger partial charge >= 0.3 is 0 Å². The summed E-state index contributed by atoms with van der Waals surface area (Å²) in [5.41, 5.74) is 3.52. The summed E-state index contributed by atoms with van der Waals surface area (Å²) >= 11 is 8.31. The first kappa shape index (κ1) is 16.7. The molecule has 25 heavy (non-hydrogen) atoms. The van der Waals surface area contributed by atoms with Crippen LogP contribution in [0.4, 0.5) is 0 Å². The van der Waals surface area contributed by atoms with Crippen molar-refractivity contribution in [1.29, 1.82) is 0 Å². The number of nitrogens with zero attached hydrogens (tertiary/aromatic N) is 1. The summed E-state index contributed by atoms with van der Waals surface area (Å²) in [5.74, 6) is 0.310. The zero-order chi connectivity index (χ0) is 17.7. The third kappa shape index (κ3) is 2.88. The van der Waals surface area contributed by atoms with Crippen LogP contribution in [0.5, 0.6) is 0 Å². The van der Waals surface area contributed by atoms with Gasteiger partial charge in [-0.15, -0.1) is 22.7 Å². The zero-order valence-corrected chi connectivity index (χ0v) is 16.3. The van der Waals surface area contributed by atoms with E-state index in [4.69, 9.17) is 12.2 Å². The number of aromatic nitrogens is 2. The van der Waals surface area contributed by atoms with E-state index in [1.807, 2.05) is 13.0 Å². The number of fused-ring (bicyclic) bond motifs is 3. The van der Waals surface area contributed by atoms with Gasteiger partial charge in [0.2, 0.25) is 4.77 Å². The highest BCUT2D eigenvalue weighted by Gasteiger charge is 2.23. The van der Waals surface area contributed by atoms with Gasteiger partial charge in [-0.25, -0.2) is 0 Å². The van der Waals surface area contributed by atoms with Crippen LogP contribution in [0.3, 0.4) is 0 Å². The fraction of sp³-hybridized carbons (Fsp3) is 0.353. The molecule has 0 saturated carbocycles. The predicted molar refractivity (Wildman–Crippen MR) is 105 cm³/mol. The van der Waals surface area contributed by atoms with Crippen LogP contribution >= 0.6 is 34.9 Å². The molecule has 0 saturated heterocycles. The third-order valence-corrected chi connectivity index (χ3v) is 6.98. The van der Waals surface area contributed by atoms with E-state index in [1.165, 1.54) is 20.9 Å². The summed E-state index contributed by atoms with van der Waals surface area (Å²) < 4.78 is 1.38. The molecule has 8 heteroatoms. The molecule has 4 rings (SSSR count). The van der Waals surface area contributed by atoms with Crippen LogP contribution in [0.1, 0.15) is 38.3 Å². The molecule has 0 aliphatic heterocycles. The van der Waals surface area contributed by atoms with Crippen molar-refractivity contribution in [3.63, 3.8) is 0 Å². The smallest absolute Gasteiger partial charge is 0.282 e. The first-order valence-corrected chi connectivity index (χ1v) is 10.2. The summed E-state index contributed by atoms with van der Waals surface area (Å²) in [5, 5.41) is 0.670. The molecule has 0 bridgehead atoms. The van der Waals surface area contributed by atoms with E-state index in [0.717, 1.165) is 34.5 Å². The summed E-state index contributed by atoms with van der Waals surface area (Å²) in [7, 11) is 0. The average Bonchev–Trinajstić information content (AvgIpc) is 3.14. The Morgan fingerprint density at radius 3 is 2.92 bits per heavy atom. The lowest BCUT2D eigenvalue weighted by Crippen LogP contribution is -2.34. The zero-order valence-electron chi connectivity index (χ0n) is 13.8. The third-order valence-electron chi connectivity index (χ3n) is 4.53. The Kier molecular flexibility index (Phi) is 4.13. The minimum Gasteiger partial charge on any atom is -0.322 e. The molecule has 3 heterocycles. The van der Waals surface area contributed by atoms with Gasteiger partial charge in [-0.1, -0.05) is 6.92 Å². The fourth-order valence-electron chi connectivity index (χ4n) is 3.24. The standard InChI is InChI=1S/C17H17N3O2S3/c1-8-3-5-10-12(7-8)25-15-13(10)16(22)20(17(23)18-15)19-14(21)11-6-4-9(2)24-11/h4,6,8H,3,5,7H2,1-2H3,(H,18,23)(H,19,21). The number of H-pyrrole nitrogens is 1. The van der Waals surface area contributed by atoms with Crippen LogP contribution in [0.25, 0.3) is 10.2 Å². The summed E-state index contributed by atoms with van der Waals surface area (Å²) in [6.07, 6.45) is 2.97. The average molecular weight is 392 g/mol. The summed E-state index contributed by atoms with van der Waals surface area (Å²) in [6.45, 7) is 4.17. The number of hydrogen-bond donors (Lipinski definition) is 2. The highest BCUT2D eigenvalue weighted by molar-refractivity contribution is 7.71. The van der Waals surface area contributed by atoms with Crippen molar-refractivity contribution in [2.75, 3.05) is 5.43 Å². The first-order valence-electron chi connectivity index (χ1n) is 8.11. The molecule has 0 aromatic carbocycles. The first-order chi connectivity index (χ1) is 11.9. The van der Waals surface area contributed by atoms with E-state index < -0.39 is 0 Å². The monoisotopic (exact) mass is 391 g/mol. The highest BCUT2D eigenvalue weighted by atomic mass is 32.1. The van der Waals surface area contributed by atoms with Gasteiger partial charge in [0.25, 0.3) is 11.5 Å².